The Balaban J connectivity index is 1.89. The van der Waals surface area contributed by atoms with Crippen LogP contribution in [0.15, 0.2) is 33.3 Å². The molecule has 0 aliphatic heterocycles. The largest absolute Gasteiger partial charge is 0.361 e. The summed E-state index contributed by atoms with van der Waals surface area (Å²) in [7, 11) is 0. The molecular weight excluding hydrogens is 332 g/mol. The molecule has 0 spiro atoms. The monoisotopic (exact) mass is 350 g/mol. The lowest BCUT2D eigenvalue weighted by Crippen LogP contribution is -2.35. The van der Waals surface area contributed by atoms with E-state index in [1.807, 2.05) is 32.9 Å². The number of carbonyl (C=O) groups excluding carboxylic acids is 1. The van der Waals surface area contributed by atoms with Gasteiger partial charge in [0.1, 0.15) is 5.76 Å². The number of aryl methyl sites for hydroxylation is 2. The first kappa shape index (κ1) is 15.8. The number of nitrogens with zero attached hydrogens (tertiary/aromatic N) is 1. The molecule has 1 amide bonds. The Morgan fingerprint density at radius 3 is 2.57 bits per heavy atom. The summed E-state index contributed by atoms with van der Waals surface area (Å²) in [6.45, 7) is 5.69. The normalized spacial score (nSPS) is 12.2. The van der Waals surface area contributed by atoms with Crippen molar-refractivity contribution in [3.8, 4) is 0 Å². The molecule has 1 aromatic heterocycles. The van der Waals surface area contributed by atoms with Crippen LogP contribution in [0.5, 0.6) is 0 Å². The van der Waals surface area contributed by atoms with Crippen molar-refractivity contribution >= 4 is 21.8 Å². The fraction of sp³-hybridized carbons (Fsp3) is 0.375. The van der Waals surface area contributed by atoms with Gasteiger partial charge >= 0.3 is 0 Å². The van der Waals surface area contributed by atoms with E-state index in [2.05, 4.69) is 38.5 Å². The van der Waals surface area contributed by atoms with Crippen LogP contribution in [0.3, 0.4) is 0 Å². The highest BCUT2D eigenvalue weighted by Crippen LogP contribution is 2.14. The van der Waals surface area contributed by atoms with E-state index in [-0.39, 0.29) is 11.9 Å². The Morgan fingerprint density at radius 1 is 1.33 bits per heavy atom. The maximum Gasteiger partial charge on any atom is 0.224 e. The number of hydrogen-bond acceptors (Lipinski definition) is 3. The SMILES string of the molecule is Cc1noc(C)c1CC(=O)NC(C)Cc1ccc(Br)cc1. The van der Waals surface area contributed by atoms with Gasteiger partial charge in [-0.15, -0.1) is 0 Å². The van der Waals surface area contributed by atoms with Crippen LogP contribution in [-0.2, 0) is 17.6 Å². The fourth-order valence-electron chi connectivity index (χ4n) is 2.27. The van der Waals surface area contributed by atoms with Crippen molar-refractivity contribution in [1.82, 2.24) is 10.5 Å². The second kappa shape index (κ2) is 6.89. The van der Waals surface area contributed by atoms with Gasteiger partial charge in [0.2, 0.25) is 5.91 Å². The molecule has 2 rings (SSSR count). The quantitative estimate of drug-likeness (QED) is 0.899. The molecule has 5 heteroatoms. The molecule has 21 heavy (non-hydrogen) atoms. The molecule has 1 heterocycles. The lowest BCUT2D eigenvalue weighted by Gasteiger charge is -2.14. The molecule has 1 unspecified atom stereocenters. The van der Waals surface area contributed by atoms with Gasteiger partial charge < -0.3 is 9.84 Å². The van der Waals surface area contributed by atoms with Crippen LogP contribution < -0.4 is 5.32 Å². The van der Waals surface area contributed by atoms with Crippen LogP contribution in [0.1, 0.15) is 29.5 Å². The van der Waals surface area contributed by atoms with E-state index in [9.17, 15) is 4.79 Å². The highest BCUT2D eigenvalue weighted by molar-refractivity contribution is 9.10. The number of hydrogen-bond donors (Lipinski definition) is 1. The zero-order valence-corrected chi connectivity index (χ0v) is 14.0. The van der Waals surface area contributed by atoms with Crippen molar-refractivity contribution in [2.24, 2.45) is 0 Å². The lowest BCUT2D eigenvalue weighted by molar-refractivity contribution is -0.121. The van der Waals surface area contributed by atoms with Crippen LogP contribution in [0.4, 0.5) is 0 Å². The molecule has 1 N–H and O–H groups in total. The molecule has 0 saturated carbocycles. The van der Waals surface area contributed by atoms with E-state index < -0.39 is 0 Å². The fourth-order valence-corrected chi connectivity index (χ4v) is 2.53. The molecule has 0 radical (unpaired) electrons. The molecule has 1 atom stereocenters. The topological polar surface area (TPSA) is 55.1 Å². The molecule has 0 fully saturated rings. The Labute approximate surface area is 133 Å². The third kappa shape index (κ3) is 4.43. The maximum absolute atomic E-state index is 12.1. The summed E-state index contributed by atoms with van der Waals surface area (Å²) in [6.07, 6.45) is 1.12. The van der Waals surface area contributed by atoms with Crippen molar-refractivity contribution in [2.75, 3.05) is 0 Å². The lowest BCUT2D eigenvalue weighted by atomic mass is 10.1. The van der Waals surface area contributed by atoms with Crippen LogP contribution in [0.25, 0.3) is 0 Å². The number of nitrogens with one attached hydrogen (secondary N) is 1. The molecule has 0 saturated heterocycles. The molecule has 0 aliphatic carbocycles. The first-order valence-corrected chi connectivity index (χ1v) is 7.70. The van der Waals surface area contributed by atoms with Crippen molar-refractivity contribution in [3.05, 3.63) is 51.3 Å². The van der Waals surface area contributed by atoms with E-state index in [4.69, 9.17) is 4.52 Å². The van der Waals surface area contributed by atoms with E-state index in [1.54, 1.807) is 0 Å². The summed E-state index contributed by atoms with van der Waals surface area (Å²) in [5, 5.41) is 6.88. The highest BCUT2D eigenvalue weighted by Gasteiger charge is 2.15. The van der Waals surface area contributed by atoms with Gasteiger partial charge in [-0.1, -0.05) is 33.2 Å². The number of amides is 1. The van der Waals surface area contributed by atoms with Gasteiger partial charge in [-0.25, -0.2) is 0 Å². The van der Waals surface area contributed by atoms with Gasteiger partial charge in [-0.05, 0) is 44.9 Å². The first-order valence-electron chi connectivity index (χ1n) is 6.91. The third-order valence-electron chi connectivity index (χ3n) is 3.38. The van der Waals surface area contributed by atoms with E-state index in [0.717, 1.165) is 22.2 Å². The second-order valence-electron chi connectivity index (χ2n) is 5.28. The Morgan fingerprint density at radius 2 is 2.00 bits per heavy atom. The Bertz CT molecular complexity index is 600. The average molecular weight is 351 g/mol. The van der Waals surface area contributed by atoms with Crippen LogP contribution in [-0.4, -0.2) is 17.1 Å². The number of carbonyl (C=O) groups is 1. The summed E-state index contributed by atoms with van der Waals surface area (Å²) in [5.41, 5.74) is 2.86. The molecule has 0 bridgehead atoms. The highest BCUT2D eigenvalue weighted by atomic mass is 79.9. The Hall–Kier alpha value is -1.62. The number of rotatable bonds is 5. The van der Waals surface area contributed by atoms with Crippen molar-refractivity contribution in [2.45, 2.75) is 39.7 Å². The van der Waals surface area contributed by atoms with E-state index >= 15 is 0 Å². The number of benzene rings is 1. The summed E-state index contributed by atoms with van der Waals surface area (Å²) in [6, 6.07) is 8.21. The Kier molecular flexibility index (Phi) is 5.17. The van der Waals surface area contributed by atoms with Crippen LogP contribution in [0.2, 0.25) is 0 Å². The first-order chi connectivity index (χ1) is 9.95. The minimum Gasteiger partial charge on any atom is -0.361 e. The van der Waals surface area contributed by atoms with Gasteiger partial charge in [-0.3, -0.25) is 4.79 Å². The smallest absolute Gasteiger partial charge is 0.224 e. The van der Waals surface area contributed by atoms with E-state index in [0.29, 0.717) is 12.2 Å². The number of halogens is 1. The molecule has 0 aliphatic rings. The van der Waals surface area contributed by atoms with Gasteiger partial charge in [0.15, 0.2) is 0 Å². The summed E-state index contributed by atoms with van der Waals surface area (Å²) < 4.78 is 6.13. The molecule has 2 aromatic rings. The molecule has 1 aromatic carbocycles. The maximum atomic E-state index is 12.1. The second-order valence-corrected chi connectivity index (χ2v) is 6.19. The average Bonchev–Trinajstić information content (AvgIpc) is 2.73. The summed E-state index contributed by atoms with van der Waals surface area (Å²) in [4.78, 5) is 12.1. The standard InChI is InChI=1S/C16H19BrN2O2/c1-10(8-13-4-6-14(17)7-5-13)18-16(20)9-15-11(2)19-21-12(15)3/h4-7,10H,8-9H2,1-3H3,(H,18,20). The van der Waals surface area contributed by atoms with Crippen molar-refractivity contribution < 1.29 is 9.32 Å². The zero-order valence-electron chi connectivity index (χ0n) is 12.4. The predicted octanol–water partition coefficient (Wildman–Crippen LogP) is 3.34. The molecule has 4 nitrogen and oxygen atoms in total. The van der Waals surface area contributed by atoms with Crippen molar-refractivity contribution in [1.29, 1.82) is 0 Å². The zero-order chi connectivity index (χ0) is 15.4. The summed E-state index contributed by atoms with van der Waals surface area (Å²) in [5.74, 6) is 0.706. The van der Waals surface area contributed by atoms with Gasteiger partial charge in [0.25, 0.3) is 0 Å². The third-order valence-corrected chi connectivity index (χ3v) is 3.91. The minimum absolute atomic E-state index is 0.00554. The van der Waals surface area contributed by atoms with Crippen LogP contribution >= 0.6 is 15.9 Å². The van der Waals surface area contributed by atoms with Gasteiger partial charge in [0.05, 0.1) is 12.1 Å². The minimum atomic E-state index is -0.00554. The molecule has 112 valence electrons. The number of aromatic nitrogens is 1. The summed E-state index contributed by atoms with van der Waals surface area (Å²) >= 11 is 3.41. The van der Waals surface area contributed by atoms with Crippen LogP contribution in [0, 0.1) is 13.8 Å². The van der Waals surface area contributed by atoms with Gasteiger partial charge in [-0.2, -0.15) is 0 Å². The van der Waals surface area contributed by atoms with Gasteiger partial charge in [0, 0.05) is 16.1 Å². The van der Waals surface area contributed by atoms with Crippen molar-refractivity contribution in [3.63, 3.8) is 0 Å². The van der Waals surface area contributed by atoms with E-state index in [1.165, 1.54) is 5.56 Å². The molecular formula is C16H19BrN2O2. The predicted molar refractivity (Wildman–Crippen MR) is 85.1 cm³/mol.